The minimum atomic E-state index is -0.319. The fraction of sp³-hybridized carbons (Fsp3) is 0.600. The Labute approximate surface area is 158 Å². The van der Waals surface area contributed by atoms with Crippen LogP contribution < -0.4 is 10.6 Å². The van der Waals surface area contributed by atoms with Gasteiger partial charge in [-0.15, -0.1) is 0 Å². The number of hydrogen-bond acceptors (Lipinski definition) is 3. The van der Waals surface area contributed by atoms with Crippen molar-refractivity contribution in [1.29, 1.82) is 0 Å². The summed E-state index contributed by atoms with van der Waals surface area (Å²) in [5.41, 5.74) is 0.513. The van der Waals surface area contributed by atoms with Crippen molar-refractivity contribution < 1.29 is 18.7 Å². The van der Waals surface area contributed by atoms with Gasteiger partial charge < -0.3 is 20.3 Å². The number of amides is 3. The second-order valence-electron chi connectivity index (χ2n) is 7.98. The number of nitrogens with zero attached hydrogens (tertiary/aromatic N) is 1. The molecule has 0 unspecified atom stereocenters. The minimum Gasteiger partial charge on any atom is -0.381 e. The van der Waals surface area contributed by atoms with Crippen molar-refractivity contribution in [1.82, 2.24) is 15.5 Å². The molecule has 1 aromatic carbocycles. The summed E-state index contributed by atoms with van der Waals surface area (Å²) in [5.74, 6) is -0.442. The van der Waals surface area contributed by atoms with Gasteiger partial charge in [-0.25, -0.2) is 9.18 Å². The molecule has 1 aromatic rings. The molecule has 1 aliphatic carbocycles. The Morgan fingerprint density at radius 1 is 1.26 bits per heavy atom. The van der Waals surface area contributed by atoms with Gasteiger partial charge >= 0.3 is 6.03 Å². The van der Waals surface area contributed by atoms with Crippen LogP contribution in [0.1, 0.15) is 31.2 Å². The van der Waals surface area contributed by atoms with Crippen LogP contribution in [0.4, 0.5) is 9.18 Å². The maximum atomic E-state index is 13.3. The van der Waals surface area contributed by atoms with E-state index >= 15 is 0 Å². The Balaban J connectivity index is 1.41. The second-order valence-corrected chi connectivity index (χ2v) is 7.98. The van der Waals surface area contributed by atoms with Crippen molar-refractivity contribution >= 4 is 11.9 Å². The largest absolute Gasteiger partial charge is 0.381 e. The predicted molar refractivity (Wildman–Crippen MR) is 97.3 cm³/mol. The van der Waals surface area contributed by atoms with Crippen molar-refractivity contribution in [2.75, 3.05) is 26.3 Å². The first-order chi connectivity index (χ1) is 13.1. The third-order valence-electron chi connectivity index (χ3n) is 6.00. The van der Waals surface area contributed by atoms with E-state index in [9.17, 15) is 14.0 Å². The molecule has 2 N–H and O–H groups in total. The molecule has 3 amide bonds. The average Bonchev–Trinajstić information content (AvgIpc) is 3.40. The Hall–Kier alpha value is -2.15. The second kappa shape index (κ2) is 7.46. The van der Waals surface area contributed by atoms with Gasteiger partial charge in [0.2, 0.25) is 5.91 Å². The van der Waals surface area contributed by atoms with Crippen LogP contribution in [0.15, 0.2) is 24.3 Å². The number of ether oxygens (including phenoxy) is 1. The van der Waals surface area contributed by atoms with Crippen LogP contribution in [0.5, 0.6) is 0 Å². The number of likely N-dealkylation sites (tertiary alicyclic amines) is 1. The highest BCUT2D eigenvalue weighted by molar-refractivity contribution is 5.83. The number of benzene rings is 1. The van der Waals surface area contributed by atoms with Crippen molar-refractivity contribution in [3.63, 3.8) is 0 Å². The molecule has 3 fully saturated rings. The summed E-state index contributed by atoms with van der Waals surface area (Å²) < 4.78 is 18.8. The smallest absolute Gasteiger partial charge is 0.317 e. The zero-order chi connectivity index (χ0) is 18.9. The number of carbonyl (C=O) groups is 2. The lowest BCUT2D eigenvalue weighted by molar-refractivity contribution is -0.130. The molecule has 27 heavy (non-hydrogen) atoms. The normalized spacial score (nSPS) is 24.0. The molecular formula is C20H26FN3O3. The molecule has 6 nitrogen and oxygen atoms in total. The monoisotopic (exact) mass is 375 g/mol. The van der Waals surface area contributed by atoms with Gasteiger partial charge in [-0.2, -0.15) is 0 Å². The van der Waals surface area contributed by atoms with E-state index in [0.717, 1.165) is 25.7 Å². The Kier molecular flexibility index (Phi) is 5.04. The Bertz CT molecular complexity index is 716. The minimum absolute atomic E-state index is 0.0693. The van der Waals surface area contributed by atoms with Crippen molar-refractivity contribution in [2.45, 2.75) is 38.3 Å². The Morgan fingerprint density at radius 3 is 2.74 bits per heavy atom. The lowest BCUT2D eigenvalue weighted by Crippen LogP contribution is -2.45. The first-order valence-corrected chi connectivity index (χ1v) is 9.71. The van der Waals surface area contributed by atoms with Gasteiger partial charge in [0.1, 0.15) is 5.82 Å². The zero-order valence-corrected chi connectivity index (χ0v) is 15.4. The van der Waals surface area contributed by atoms with Crippen LogP contribution in [-0.4, -0.2) is 49.2 Å². The van der Waals surface area contributed by atoms with Crippen LogP contribution in [0.3, 0.4) is 0 Å². The molecule has 7 heteroatoms. The number of urea groups is 1. The maximum Gasteiger partial charge on any atom is 0.317 e. The maximum absolute atomic E-state index is 13.3. The van der Waals surface area contributed by atoms with Gasteiger partial charge in [0.25, 0.3) is 0 Å². The summed E-state index contributed by atoms with van der Waals surface area (Å²) in [5, 5.41) is 5.97. The number of rotatable bonds is 4. The third-order valence-corrected chi connectivity index (χ3v) is 6.00. The summed E-state index contributed by atoms with van der Waals surface area (Å²) in [6.07, 6.45) is 3.69. The summed E-state index contributed by atoms with van der Waals surface area (Å²) in [4.78, 5) is 27.2. The highest BCUT2D eigenvalue weighted by Gasteiger charge is 2.52. The molecule has 146 valence electrons. The molecule has 2 heterocycles. The van der Waals surface area contributed by atoms with Crippen LogP contribution in [0.2, 0.25) is 0 Å². The summed E-state index contributed by atoms with van der Waals surface area (Å²) in [7, 11) is 0. The zero-order valence-electron chi connectivity index (χ0n) is 15.4. The first-order valence-electron chi connectivity index (χ1n) is 9.71. The van der Waals surface area contributed by atoms with Gasteiger partial charge in [-0.05, 0) is 43.4 Å². The SMILES string of the molecule is O=C(NC1CC1)[C@H]1CN(C(=O)NCc2cccc(F)c2)CC12CCOCC2. The van der Waals surface area contributed by atoms with Gasteiger partial charge in [-0.1, -0.05) is 12.1 Å². The first kappa shape index (κ1) is 18.2. The molecular weight excluding hydrogens is 349 g/mol. The van der Waals surface area contributed by atoms with Crippen molar-refractivity contribution in [2.24, 2.45) is 11.3 Å². The molecule has 2 aliphatic heterocycles. The number of halogens is 1. The van der Waals surface area contributed by atoms with E-state index in [4.69, 9.17) is 4.74 Å². The molecule has 2 saturated heterocycles. The molecule has 1 spiro atoms. The van der Waals surface area contributed by atoms with E-state index in [-0.39, 0.29) is 35.6 Å². The third kappa shape index (κ3) is 4.08. The van der Waals surface area contributed by atoms with Crippen molar-refractivity contribution in [3.8, 4) is 0 Å². The van der Waals surface area contributed by atoms with E-state index < -0.39 is 0 Å². The Morgan fingerprint density at radius 2 is 2.04 bits per heavy atom. The van der Waals surface area contributed by atoms with Gasteiger partial charge in [0, 0.05) is 44.3 Å². The van der Waals surface area contributed by atoms with E-state index in [1.165, 1.54) is 12.1 Å². The summed E-state index contributed by atoms with van der Waals surface area (Å²) in [6.45, 7) is 2.52. The van der Waals surface area contributed by atoms with Crippen LogP contribution in [0.25, 0.3) is 0 Å². The molecule has 1 atom stereocenters. The molecule has 1 saturated carbocycles. The van der Waals surface area contributed by atoms with E-state index in [1.807, 2.05) is 0 Å². The molecule has 3 aliphatic rings. The van der Waals surface area contributed by atoms with E-state index in [1.54, 1.807) is 17.0 Å². The lowest BCUT2D eigenvalue weighted by atomic mass is 9.71. The highest BCUT2D eigenvalue weighted by Crippen LogP contribution is 2.44. The standard InChI is InChI=1S/C20H26FN3O3/c21-15-3-1-2-14(10-15)11-22-19(26)24-12-17(18(25)23-16-4-5-16)20(13-24)6-8-27-9-7-20/h1-3,10,16-17H,4-9,11-13H2,(H,22,26)(H,23,25)/t17-/m1/s1. The molecule has 4 rings (SSSR count). The van der Waals surface area contributed by atoms with Crippen LogP contribution in [-0.2, 0) is 16.1 Å². The van der Waals surface area contributed by atoms with Crippen molar-refractivity contribution in [3.05, 3.63) is 35.6 Å². The van der Waals surface area contributed by atoms with Gasteiger partial charge in [0.15, 0.2) is 0 Å². The number of hydrogen-bond donors (Lipinski definition) is 2. The topological polar surface area (TPSA) is 70.7 Å². The predicted octanol–water partition coefficient (Wildman–Crippen LogP) is 2.04. The summed E-state index contributed by atoms with van der Waals surface area (Å²) in [6, 6.07) is 6.30. The quantitative estimate of drug-likeness (QED) is 0.846. The fourth-order valence-electron chi connectivity index (χ4n) is 4.23. The van der Waals surface area contributed by atoms with Gasteiger partial charge in [0.05, 0.1) is 5.92 Å². The van der Waals surface area contributed by atoms with Crippen LogP contribution >= 0.6 is 0 Å². The summed E-state index contributed by atoms with van der Waals surface area (Å²) >= 11 is 0. The van der Waals surface area contributed by atoms with Crippen LogP contribution in [0, 0.1) is 17.2 Å². The molecule has 0 radical (unpaired) electrons. The lowest BCUT2D eigenvalue weighted by Gasteiger charge is -2.37. The fourth-order valence-corrected chi connectivity index (χ4v) is 4.23. The van der Waals surface area contributed by atoms with E-state index in [2.05, 4.69) is 10.6 Å². The van der Waals surface area contributed by atoms with E-state index in [0.29, 0.717) is 37.9 Å². The number of nitrogens with one attached hydrogen (secondary N) is 2. The molecule has 0 aromatic heterocycles. The highest BCUT2D eigenvalue weighted by atomic mass is 19.1. The average molecular weight is 375 g/mol. The molecule has 0 bridgehead atoms. The number of carbonyl (C=O) groups excluding carboxylic acids is 2. The van der Waals surface area contributed by atoms with Gasteiger partial charge in [-0.3, -0.25) is 4.79 Å².